The smallest absolute Gasteiger partial charge is 0.224 e. The number of nitrogens with one attached hydrogen (secondary N) is 1. The average molecular weight is 343 g/mol. The number of piperidine rings is 1. The molecule has 136 valence electrons. The lowest BCUT2D eigenvalue weighted by atomic mass is 9.88. The van der Waals surface area contributed by atoms with Crippen LogP contribution in [0.2, 0.25) is 0 Å². The second kappa shape index (κ2) is 6.69. The molecule has 4 atom stereocenters. The van der Waals surface area contributed by atoms with Gasteiger partial charge in [-0.1, -0.05) is 6.07 Å². The molecule has 5 nitrogen and oxygen atoms in total. The Hall–Kier alpha value is -1.46. The number of amides is 1. The third kappa shape index (κ3) is 3.87. The number of carbonyl (C=O) groups excluding carboxylic acids is 1. The van der Waals surface area contributed by atoms with Gasteiger partial charge in [0.1, 0.15) is 0 Å². The third-order valence-corrected chi connectivity index (χ3v) is 6.08. The lowest BCUT2D eigenvalue weighted by molar-refractivity contribution is -0.123. The van der Waals surface area contributed by atoms with Gasteiger partial charge >= 0.3 is 0 Å². The number of aromatic nitrogens is 1. The van der Waals surface area contributed by atoms with Crippen LogP contribution in [0.1, 0.15) is 32.3 Å². The zero-order valence-corrected chi connectivity index (χ0v) is 15.3. The van der Waals surface area contributed by atoms with Gasteiger partial charge in [-0.25, -0.2) is 0 Å². The van der Waals surface area contributed by atoms with Gasteiger partial charge < -0.3 is 15.0 Å². The number of rotatable bonds is 5. The summed E-state index contributed by atoms with van der Waals surface area (Å²) in [6.45, 7) is 9.22. The van der Waals surface area contributed by atoms with Crippen LogP contribution in [-0.2, 0) is 16.1 Å². The van der Waals surface area contributed by atoms with Crippen LogP contribution in [-0.4, -0.2) is 47.6 Å². The Bertz CT molecular complexity index is 607. The van der Waals surface area contributed by atoms with Crippen LogP contribution in [0.5, 0.6) is 0 Å². The summed E-state index contributed by atoms with van der Waals surface area (Å²) in [6, 6.07) is 3.90. The maximum absolute atomic E-state index is 12.4. The summed E-state index contributed by atoms with van der Waals surface area (Å²) in [4.78, 5) is 19.1. The second-order valence-electron chi connectivity index (χ2n) is 8.62. The van der Waals surface area contributed by atoms with Crippen LogP contribution in [0.15, 0.2) is 24.5 Å². The first-order valence-corrected chi connectivity index (χ1v) is 9.55. The highest BCUT2D eigenvalue weighted by Gasteiger charge is 2.59. The lowest BCUT2D eigenvalue weighted by Crippen LogP contribution is -2.40. The van der Waals surface area contributed by atoms with Gasteiger partial charge in [-0.2, -0.15) is 0 Å². The predicted molar refractivity (Wildman–Crippen MR) is 95.7 cm³/mol. The Morgan fingerprint density at radius 1 is 1.40 bits per heavy atom. The zero-order valence-electron chi connectivity index (χ0n) is 15.3. The van der Waals surface area contributed by atoms with Crippen molar-refractivity contribution in [1.29, 1.82) is 0 Å². The molecule has 1 aliphatic carbocycles. The molecule has 3 heterocycles. The number of pyridine rings is 1. The molecule has 0 bridgehead atoms. The summed E-state index contributed by atoms with van der Waals surface area (Å²) in [5.41, 5.74) is 1.09. The minimum Gasteiger partial charge on any atom is -0.376 e. The topological polar surface area (TPSA) is 54.5 Å². The molecule has 25 heavy (non-hydrogen) atoms. The van der Waals surface area contributed by atoms with Crippen LogP contribution < -0.4 is 5.32 Å². The molecule has 3 fully saturated rings. The molecule has 2 saturated heterocycles. The number of hydrogen-bond acceptors (Lipinski definition) is 4. The van der Waals surface area contributed by atoms with E-state index in [1.807, 2.05) is 18.3 Å². The van der Waals surface area contributed by atoms with Crippen molar-refractivity contribution < 1.29 is 9.53 Å². The van der Waals surface area contributed by atoms with Gasteiger partial charge in [-0.3, -0.25) is 9.78 Å². The minimum absolute atomic E-state index is 0.0281. The van der Waals surface area contributed by atoms with Crippen LogP contribution in [0.4, 0.5) is 0 Å². The van der Waals surface area contributed by atoms with E-state index < -0.39 is 0 Å². The van der Waals surface area contributed by atoms with E-state index in [0.717, 1.165) is 37.6 Å². The molecule has 1 aromatic heterocycles. The van der Waals surface area contributed by atoms with Gasteiger partial charge in [0.2, 0.25) is 5.91 Å². The molecule has 1 N–H and O–H groups in total. The summed E-state index contributed by atoms with van der Waals surface area (Å²) in [6.07, 6.45) is 5.88. The quantitative estimate of drug-likeness (QED) is 0.889. The number of ether oxygens (including phenoxy) is 1. The average Bonchev–Trinajstić information content (AvgIpc) is 3.09. The first kappa shape index (κ1) is 17.0. The van der Waals surface area contributed by atoms with Gasteiger partial charge in [-0.15, -0.1) is 0 Å². The fourth-order valence-electron chi connectivity index (χ4n) is 4.84. The summed E-state index contributed by atoms with van der Waals surface area (Å²) in [5, 5.41) is 3.08. The van der Waals surface area contributed by atoms with Crippen LogP contribution >= 0.6 is 0 Å². The lowest BCUT2D eigenvalue weighted by Gasteiger charge is -2.37. The van der Waals surface area contributed by atoms with Crippen LogP contribution in [0.25, 0.3) is 0 Å². The number of fused-ring (bicyclic) bond motifs is 1. The Balaban J connectivity index is 1.20. The highest BCUT2D eigenvalue weighted by Crippen LogP contribution is 2.52. The first-order valence-electron chi connectivity index (χ1n) is 9.55. The minimum atomic E-state index is 0.0281. The van der Waals surface area contributed by atoms with Crippen molar-refractivity contribution in [3.05, 3.63) is 30.1 Å². The van der Waals surface area contributed by atoms with Gasteiger partial charge in [-0.05, 0) is 56.1 Å². The maximum atomic E-state index is 12.4. The van der Waals surface area contributed by atoms with Crippen molar-refractivity contribution >= 4 is 5.91 Å². The second-order valence-corrected chi connectivity index (χ2v) is 8.62. The molecular formula is C20H29N3O2. The van der Waals surface area contributed by atoms with Crippen molar-refractivity contribution in [2.75, 3.05) is 26.2 Å². The molecule has 2 aliphatic heterocycles. The normalized spacial score (nSPS) is 33.7. The Morgan fingerprint density at radius 3 is 2.88 bits per heavy atom. The molecule has 4 rings (SSSR count). The largest absolute Gasteiger partial charge is 0.376 e. The predicted octanol–water partition coefficient (Wildman–Crippen LogP) is 2.08. The van der Waals surface area contributed by atoms with Gasteiger partial charge in [0.15, 0.2) is 0 Å². The van der Waals surface area contributed by atoms with Crippen molar-refractivity contribution in [3.8, 4) is 0 Å². The van der Waals surface area contributed by atoms with Gasteiger partial charge in [0.25, 0.3) is 0 Å². The molecule has 3 aliphatic rings. The fourth-order valence-corrected chi connectivity index (χ4v) is 4.84. The van der Waals surface area contributed by atoms with Crippen molar-refractivity contribution in [1.82, 2.24) is 15.2 Å². The zero-order chi connectivity index (χ0) is 17.4. The van der Waals surface area contributed by atoms with E-state index in [2.05, 4.69) is 29.0 Å². The SMILES string of the molecule is CC1(C)C[C@H](CN2C[C@@H]3C(C(=O)NCc4cccnc4)[C@@H]3C2)CCO1. The summed E-state index contributed by atoms with van der Waals surface area (Å²) in [5.74, 6) is 2.34. The van der Waals surface area contributed by atoms with E-state index in [1.165, 1.54) is 13.0 Å². The molecule has 1 amide bonds. The molecular weight excluding hydrogens is 314 g/mol. The van der Waals surface area contributed by atoms with E-state index >= 15 is 0 Å². The fraction of sp³-hybridized carbons (Fsp3) is 0.700. The standard InChI is InChI=1S/C20H29N3O2/c1-20(2)8-14(5-7-25-20)11-23-12-16-17(13-23)18(16)19(24)22-10-15-4-3-6-21-9-15/h3-4,6,9,14,16-18H,5,7-8,10-13H2,1-2H3,(H,22,24)/t14-,16-,17+,18?/m1/s1. The summed E-state index contributed by atoms with van der Waals surface area (Å²) < 4.78 is 5.83. The first-order chi connectivity index (χ1) is 12.0. The number of hydrogen-bond donors (Lipinski definition) is 1. The van der Waals surface area contributed by atoms with Gasteiger partial charge in [0, 0.05) is 51.1 Å². The Labute approximate surface area is 150 Å². The number of likely N-dealkylation sites (tertiary alicyclic amines) is 1. The maximum Gasteiger partial charge on any atom is 0.224 e. The summed E-state index contributed by atoms with van der Waals surface area (Å²) >= 11 is 0. The van der Waals surface area contributed by atoms with Crippen molar-refractivity contribution in [2.24, 2.45) is 23.7 Å². The van der Waals surface area contributed by atoms with E-state index in [1.54, 1.807) is 6.20 Å². The molecule has 0 spiro atoms. The molecule has 0 aromatic carbocycles. The molecule has 0 radical (unpaired) electrons. The number of nitrogens with zero attached hydrogens (tertiary/aromatic N) is 2. The highest BCUT2D eigenvalue weighted by molar-refractivity contribution is 5.82. The molecule has 1 saturated carbocycles. The summed E-state index contributed by atoms with van der Waals surface area (Å²) in [7, 11) is 0. The van der Waals surface area contributed by atoms with Crippen molar-refractivity contribution in [2.45, 2.75) is 38.8 Å². The van der Waals surface area contributed by atoms with Crippen LogP contribution in [0.3, 0.4) is 0 Å². The Kier molecular flexibility index (Phi) is 4.54. The van der Waals surface area contributed by atoms with Crippen molar-refractivity contribution in [3.63, 3.8) is 0 Å². The van der Waals surface area contributed by atoms with E-state index in [4.69, 9.17) is 4.74 Å². The number of carbonyl (C=O) groups is 1. The Morgan fingerprint density at radius 2 is 2.20 bits per heavy atom. The van der Waals surface area contributed by atoms with E-state index in [9.17, 15) is 4.79 Å². The molecule has 1 unspecified atom stereocenters. The molecule has 1 aromatic rings. The highest BCUT2D eigenvalue weighted by atomic mass is 16.5. The monoisotopic (exact) mass is 343 g/mol. The third-order valence-electron chi connectivity index (χ3n) is 6.08. The van der Waals surface area contributed by atoms with Crippen LogP contribution in [0, 0.1) is 23.7 Å². The molecule has 5 heteroatoms. The van der Waals surface area contributed by atoms with E-state index in [0.29, 0.717) is 18.4 Å². The van der Waals surface area contributed by atoms with E-state index in [-0.39, 0.29) is 17.4 Å². The van der Waals surface area contributed by atoms with Gasteiger partial charge in [0.05, 0.1) is 5.60 Å².